The van der Waals surface area contributed by atoms with Gasteiger partial charge in [0, 0.05) is 31.3 Å². The van der Waals surface area contributed by atoms with Gasteiger partial charge in [-0.2, -0.15) is 0 Å². The van der Waals surface area contributed by atoms with E-state index in [0.29, 0.717) is 19.5 Å². The summed E-state index contributed by atoms with van der Waals surface area (Å²) in [6.07, 6.45) is 1.30. The molecule has 0 spiro atoms. The summed E-state index contributed by atoms with van der Waals surface area (Å²) in [6, 6.07) is 7.27. The highest BCUT2D eigenvalue weighted by Crippen LogP contribution is 2.15. The lowest BCUT2D eigenvalue weighted by Gasteiger charge is -2.18. The van der Waals surface area contributed by atoms with Crippen LogP contribution in [0.1, 0.15) is 42.3 Å². The predicted molar refractivity (Wildman–Crippen MR) is 99.7 cm³/mol. The average molecular weight is 358 g/mol. The molecule has 0 atom stereocenters. The zero-order valence-corrected chi connectivity index (χ0v) is 15.8. The van der Waals surface area contributed by atoms with Crippen molar-refractivity contribution in [2.75, 3.05) is 12.4 Å². The molecule has 1 aromatic heterocycles. The molecular formula is C19H26N4O3. The third-order valence-corrected chi connectivity index (χ3v) is 4.05. The van der Waals surface area contributed by atoms with Crippen LogP contribution in [0.3, 0.4) is 0 Å². The summed E-state index contributed by atoms with van der Waals surface area (Å²) in [7, 11) is 1.72. The van der Waals surface area contributed by atoms with Crippen LogP contribution >= 0.6 is 0 Å². The van der Waals surface area contributed by atoms with Crippen LogP contribution < -0.4 is 10.6 Å². The SMILES string of the molecule is CCCC(=O)Nc1cccc(CNC(=O)N(C)Cc2c(C)noc2C)c1. The van der Waals surface area contributed by atoms with Gasteiger partial charge in [-0.25, -0.2) is 4.79 Å². The van der Waals surface area contributed by atoms with E-state index in [1.165, 1.54) is 0 Å². The number of amides is 3. The molecule has 26 heavy (non-hydrogen) atoms. The summed E-state index contributed by atoms with van der Waals surface area (Å²) in [5, 5.41) is 9.64. The summed E-state index contributed by atoms with van der Waals surface area (Å²) in [6.45, 7) is 6.46. The largest absolute Gasteiger partial charge is 0.361 e. The topological polar surface area (TPSA) is 87.5 Å². The molecule has 0 saturated heterocycles. The lowest BCUT2D eigenvalue weighted by molar-refractivity contribution is -0.116. The molecule has 7 nitrogen and oxygen atoms in total. The van der Waals surface area contributed by atoms with Crippen molar-refractivity contribution in [3.8, 4) is 0 Å². The predicted octanol–water partition coefficient (Wildman–Crippen LogP) is 3.37. The Hall–Kier alpha value is -2.83. The monoisotopic (exact) mass is 358 g/mol. The number of rotatable bonds is 7. The maximum Gasteiger partial charge on any atom is 0.317 e. The summed E-state index contributed by atoms with van der Waals surface area (Å²) in [5.74, 6) is 0.713. The van der Waals surface area contributed by atoms with Gasteiger partial charge in [0.25, 0.3) is 0 Å². The third kappa shape index (κ3) is 5.34. The van der Waals surface area contributed by atoms with Crippen molar-refractivity contribution in [1.29, 1.82) is 0 Å². The second kappa shape index (κ2) is 9.03. The Bertz CT molecular complexity index is 750. The zero-order valence-electron chi connectivity index (χ0n) is 15.8. The molecule has 2 aromatic rings. The first-order valence-corrected chi connectivity index (χ1v) is 8.70. The lowest BCUT2D eigenvalue weighted by Crippen LogP contribution is -2.36. The molecule has 0 aliphatic heterocycles. The van der Waals surface area contributed by atoms with Gasteiger partial charge in [-0.05, 0) is 38.0 Å². The second-order valence-corrected chi connectivity index (χ2v) is 6.32. The molecule has 0 aliphatic rings. The molecule has 1 aromatic carbocycles. The van der Waals surface area contributed by atoms with E-state index < -0.39 is 0 Å². The molecule has 2 N–H and O–H groups in total. The minimum Gasteiger partial charge on any atom is -0.361 e. The number of aryl methyl sites for hydroxylation is 2. The van der Waals surface area contributed by atoms with Crippen molar-refractivity contribution in [3.63, 3.8) is 0 Å². The van der Waals surface area contributed by atoms with Gasteiger partial charge in [-0.3, -0.25) is 4.79 Å². The van der Waals surface area contributed by atoms with Crippen molar-refractivity contribution in [1.82, 2.24) is 15.4 Å². The minimum atomic E-state index is -0.189. The number of hydrogen-bond acceptors (Lipinski definition) is 4. The zero-order chi connectivity index (χ0) is 19.1. The number of anilines is 1. The first kappa shape index (κ1) is 19.5. The van der Waals surface area contributed by atoms with Crippen LogP contribution in [0.15, 0.2) is 28.8 Å². The Morgan fingerprint density at radius 1 is 1.27 bits per heavy atom. The van der Waals surface area contributed by atoms with E-state index in [-0.39, 0.29) is 11.9 Å². The molecule has 0 unspecified atom stereocenters. The van der Waals surface area contributed by atoms with Gasteiger partial charge in [0.1, 0.15) is 5.76 Å². The first-order chi connectivity index (χ1) is 12.4. The summed E-state index contributed by atoms with van der Waals surface area (Å²) >= 11 is 0. The van der Waals surface area contributed by atoms with Crippen molar-refractivity contribution in [2.24, 2.45) is 0 Å². The quantitative estimate of drug-likeness (QED) is 0.794. The van der Waals surface area contributed by atoms with Gasteiger partial charge in [0.2, 0.25) is 5.91 Å². The number of hydrogen-bond donors (Lipinski definition) is 2. The van der Waals surface area contributed by atoms with Crippen LogP contribution in [0, 0.1) is 13.8 Å². The third-order valence-electron chi connectivity index (χ3n) is 4.05. The maximum absolute atomic E-state index is 12.3. The number of carbonyl (C=O) groups excluding carboxylic acids is 2. The van der Waals surface area contributed by atoms with Crippen molar-refractivity contribution < 1.29 is 14.1 Å². The molecule has 0 bridgehead atoms. The van der Waals surface area contributed by atoms with Crippen molar-refractivity contribution in [3.05, 3.63) is 46.8 Å². The van der Waals surface area contributed by atoms with E-state index in [4.69, 9.17) is 4.52 Å². The van der Waals surface area contributed by atoms with Crippen LogP contribution in [0.4, 0.5) is 10.5 Å². The van der Waals surface area contributed by atoms with E-state index in [1.54, 1.807) is 11.9 Å². The van der Waals surface area contributed by atoms with E-state index in [9.17, 15) is 9.59 Å². The van der Waals surface area contributed by atoms with Gasteiger partial charge in [0.05, 0.1) is 12.2 Å². The minimum absolute atomic E-state index is 0.00659. The molecule has 1 heterocycles. The molecule has 0 fully saturated rings. The first-order valence-electron chi connectivity index (χ1n) is 8.70. The smallest absolute Gasteiger partial charge is 0.317 e. The Labute approximate surface area is 153 Å². The van der Waals surface area contributed by atoms with Gasteiger partial charge in [-0.1, -0.05) is 24.2 Å². The fourth-order valence-electron chi connectivity index (χ4n) is 2.56. The number of carbonyl (C=O) groups is 2. The molecule has 3 amide bonds. The highest BCUT2D eigenvalue weighted by molar-refractivity contribution is 5.90. The van der Waals surface area contributed by atoms with E-state index in [0.717, 1.165) is 34.7 Å². The summed E-state index contributed by atoms with van der Waals surface area (Å²) in [5.41, 5.74) is 3.36. The normalized spacial score (nSPS) is 10.5. The lowest BCUT2D eigenvalue weighted by atomic mass is 10.2. The van der Waals surface area contributed by atoms with Crippen molar-refractivity contribution in [2.45, 2.75) is 46.7 Å². The highest BCUT2D eigenvalue weighted by Gasteiger charge is 2.15. The molecule has 140 valence electrons. The Kier molecular flexibility index (Phi) is 6.77. The van der Waals surface area contributed by atoms with Crippen LogP contribution in [0.5, 0.6) is 0 Å². The Morgan fingerprint density at radius 3 is 2.69 bits per heavy atom. The summed E-state index contributed by atoms with van der Waals surface area (Å²) in [4.78, 5) is 25.6. The standard InChI is InChI=1S/C19H26N4O3/c1-5-7-18(24)21-16-9-6-8-15(10-16)11-20-19(25)23(4)12-17-13(2)22-26-14(17)3/h6,8-10H,5,7,11-12H2,1-4H3,(H,20,25)(H,21,24). The van der Waals surface area contributed by atoms with Gasteiger partial charge in [-0.15, -0.1) is 0 Å². The molecule has 0 radical (unpaired) electrons. The molecule has 0 aliphatic carbocycles. The molecule has 2 rings (SSSR count). The van der Waals surface area contributed by atoms with E-state index >= 15 is 0 Å². The number of urea groups is 1. The van der Waals surface area contributed by atoms with Crippen molar-refractivity contribution >= 4 is 17.6 Å². The van der Waals surface area contributed by atoms with Crippen LogP contribution in [0.2, 0.25) is 0 Å². The van der Waals surface area contributed by atoms with Crippen LogP contribution in [-0.2, 0) is 17.9 Å². The Morgan fingerprint density at radius 2 is 2.04 bits per heavy atom. The summed E-state index contributed by atoms with van der Waals surface area (Å²) < 4.78 is 5.12. The van der Waals surface area contributed by atoms with E-state index in [1.807, 2.05) is 45.0 Å². The fourth-order valence-corrected chi connectivity index (χ4v) is 2.56. The van der Waals surface area contributed by atoms with Gasteiger partial charge < -0.3 is 20.1 Å². The highest BCUT2D eigenvalue weighted by atomic mass is 16.5. The number of nitrogens with zero attached hydrogens (tertiary/aromatic N) is 2. The Balaban J connectivity index is 1.89. The average Bonchev–Trinajstić information content (AvgIpc) is 2.92. The van der Waals surface area contributed by atoms with Gasteiger partial charge >= 0.3 is 6.03 Å². The second-order valence-electron chi connectivity index (χ2n) is 6.32. The van der Waals surface area contributed by atoms with E-state index in [2.05, 4.69) is 15.8 Å². The van der Waals surface area contributed by atoms with Crippen LogP contribution in [0.25, 0.3) is 0 Å². The maximum atomic E-state index is 12.3. The fraction of sp³-hybridized carbons (Fsp3) is 0.421. The molecule has 0 saturated carbocycles. The number of benzene rings is 1. The van der Waals surface area contributed by atoms with Gasteiger partial charge in [0.15, 0.2) is 0 Å². The molecular weight excluding hydrogens is 332 g/mol. The number of aromatic nitrogens is 1. The van der Waals surface area contributed by atoms with Crippen LogP contribution in [-0.4, -0.2) is 29.0 Å². The molecule has 7 heteroatoms. The number of nitrogens with one attached hydrogen (secondary N) is 2.